The summed E-state index contributed by atoms with van der Waals surface area (Å²) < 4.78 is 0. The number of nitrogens with zero attached hydrogens (tertiary/aromatic N) is 2. The molecule has 3 nitrogen and oxygen atoms in total. The van der Waals surface area contributed by atoms with Crippen molar-refractivity contribution in [2.24, 2.45) is 0 Å². The minimum absolute atomic E-state index is 0.613. The molecule has 0 radical (unpaired) electrons. The van der Waals surface area contributed by atoms with Crippen molar-refractivity contribution in [1.82, 2.24) is 9.80 Å². The molecule has 1 N–H and O–H groups in total. The second-order valence-electron chi connectivity index (χ2n) is 6.62. The first-order valence-electron chi connectivity index (χ1n) is 8.45. The van der Waals surface area contributed by atoms with Gasteiger partial charge in [-0.15, -0.1) is 0 Å². The molecule has 2 aliphatic rings. The Hall–Kier alpha value is -0.900. The Morgan fingerprint density at radius 1 is 1.14 bits per heavy atom. The van der Waals surface area contributed by atoms with Gasteiger partial charge < -0.3 is 10.0 Å². The van der Waals surface area contributed by atoms with Gasteiger partial charge in [0, 0.05) is 25.7 Å². The van der Waals surface area contributed by atoms with Crippen LogP contribution in [-0.2, 0) is 5.60 Å². The van der Waals surface area contributed by atoms with Crippen LogP contribution in [0, 0.1) is 0 Å². The normalized spacial score (nSPS) is 27.0. The Labute approximate surface area is 128 Å². The molecule has 2 fully saturated rings. The highest BCUT2D eigenvalue weighted by molar-refractivity contribution is 5.22. The number of likely N-dealkylation sites (tertiary alicyclic amines) is 2. The third-order valence-corrected chi connectivity index (χ3v) is 5.37. The Morgan fingerprint density at radius 2 is 1.86 bits per heavy atom. The molecule has 0 spiro atoms. The van der Waals surface area contributed by atoms with Gasteiger partial charge in [0.25, 0.3) is 0 Å². The van der Waals surface area contributed by atoms with Crippen LogP contribution in [0.4, 0.5) is 0 Å². The second-order valence-corrected chi connectivity index (χ2v) is 6.62. The summed E-state index contributed by atoms with van der Waals surface area (Å²) in [5, 5.41) is 10.9. The summed E-state index contributed by atoms with van der Waals surface area (Å²) in [5.41, 5.74) is 0.471. The van der Waals surface area contributed by atoms with Crippen LogP contribution in [0.15, 0.2) is 30.3 Å². The lowest BCUT2D eigenvalue weighted by Crippen LogP contribution is -2.47. The van der Waals surface area contributed by atoms with Crippen LogP contribution in [0.5, 0.6) is 0 Å². The van der Waals surface area contributed by atoms with Crippen molar-refractivity contribution in [2.75, 3.05) is 32.7 Å². The van der Waals surface area contributed by atoms with E-state index in [1.807, 2.05) is 18.2 Å². The van der Waals surface area contributed by atoms with E-state index < -0.39 is 5.60 Å². The number of hydrogen-bond acceptors (Lipinski definition) is 3. The first-order valence-corrected chi connectivity index (χ1v) is 8.45. The fourth-order valence-corrected chi connectivity index (χ4v) is 3.96. The lowest BCUT2D eigenvalue weighted by molar-refractivity contribution is -0.0297. The third-order valence-electron chi connectivity index (χ3n) is 5.37. The maximum atomic E-state index is 10.9. The van der Waals surface area contributed by atoms with Gasteiger partial charge in [0.05, 0.1) is 5.60 Å². The Kier molecular flexibility index (Phi) is 4.63. The smallest absolute Gasteiger partial charge is 0.0920 e. The molecule has 1 aromatic carbocycles. The van der Waals surface area contributed by atoms with E-state index in [9.17, 15) is 5.11 Å². The van der Waals surface area contributed by atoms with E-state index in [4.69, 9.17) is 0 Å². The number of hydrogen-bond donors (Lipinski definition) is 1. The van der Waals surface area contributed by atoms with E-state index in [0.717, 1.165) is 37.5 Å². The molecule has 0 aromatic heterocycles. The van der Waals surface area contributed by atoms with Gasteiger partial charge in [0.2, 0.25) is 0 Å². The number of rotatable bonds is 4. The molecule has 2 saturated heterocycles. The van der Waals surface area contributed by atoms with E-state index in [-0.39, 0.29) is 0 Å². The van der Waals surface area contributed by atoms with Gasteiger partial charge in [-0.3, -0.25) is 4.90 Å². The van der Waals surface area contributed by atoms with E-state index in [0.29, 0.717) is 0 Å². The molecule has 1 atom stereocenters. The number of benzene rings is 1. The van der Waals surface area contributed by atoms with E-state index in [1.54, 1.807) is 0 Å². The fourth-order valence-electron chi connectivity index (χ4n) is 3.96. The maximum Gasteiger partial charge on any atom is 0.0920 e. The molecule has 0 aliphatic carbocycles. The van der Waals surface area contributed by atoms with Crippen molar-refractivity contribution < 1.29 is 5.11 Å². The van der Waals surface area contributed by atoms with Crippen molar-refractivity contribution in [1.29, 1.82) is 0 Å². The molecule has 1 unspecified atom stereocenters. The molecule has 3 heteroatoms. The van der Waals surface area contributed by atoms with Crippen molar-refractivity contribution >= 4 is 0 Å². The van der Waals surface area contributed by atoms with Crippen LogP contribution in [0.3, 0.4) is 0 Å². The summed E-state index contributed by atoms with van der Waals surface area (Å²) in [7, 11) is 0. The summed E-state index contributed by atoms with van der Waals surface area (Å²) in [4.78, 5) is 5.16. The highest BCUT2D eigenvalue weighted by Crippen LogP contribution is 2.33. The number of aliphatic hydroxyl groups is 1. The Balaban J connectivity index is 1.55. The lowest BCUT2D eigenvalue weighted by Gasteiger charge is -2.40. The van der Waals surface area contributed by atoms with E-state index in [2.05, 4.69) is 28.9 Å². The molecule has 2 aliphatic heterocycles. The third kappa shape index (κ3) is 3.31. The monoisotopic (exact) mass is 288 g/mol. The van der Waals surface area contributed by atoms with Crippen molar-refractivity contribution in [3.63, 3.8) is 0 Å². The van der Waals surface area contributed by atoms with Gasteiger partial charge in [-0.2, -0.15) is 0 Å². The number of piperidine rings is 1. The quantitative estimate of drug-likeness (QED) is 0.922. The van der Waals surface area contributed by atoms with Crippen molar-refractivity contribution in [2.45, 2.75) is 44.2 Å². The molecule has 116 valence electrons. The van der Waals surface area contributed by atoms with E-state index in [1.165, 1.54) is 32.5 Å². The highest BCUT2D eigenvalue weighted by Gasteiger charge is 2.35. The standard InChI is InChI=1S/C18H28N2O/c1-2-20-12-6-9-17(20)15-19-13-10-18(21,11-14-19)16-7-4-3-5-8-16/h3-5,7-8,17,21H,2,6,9-15H2,1H3. The van der Waals surface area contributed by atoms with Crippen LogP contribution in [0.2, 0.25) is 0 Å². The van der Waals surface area contributed by atoms with Crippen LogP contribution in [0.25, 0.3) is 0 Å². The Morgan fingerprint density at radius 3 is 2.52 bits per heavy atom. The van der Waals surface area contributed by atoms with E-state index >= 15 is 0 Å². The summed E-state index contributed by atoms with van der Waals surface area (Å²) >= 11 is 0. The predicted molar refractivity (Wildman–Crippen MR) is 86.3 cm³/mol. The van der Waals surface area contributed by atoms with Gasteiger partial charge in [0.15, 0.2) is 0 Å². The first-order chi connectivity index (χ1) is 10.2. The van der Waals surface area contributed by atoms with Gasteiger partial charge in [0.1, 0.15) is 0 Å². The SMILES string of the molecule is CCN1CCCC1CN1CCC(O)(c2ccccc2)CC1. The van der Waals surface area contributed by atoms with Crippen LogP contribution in [0.1, 0.15) is 38.2 Å². The fraction of sp³-hybridized carbons (Fsp3) is 0.667. The zero-order valence-corrected chi connectivity index (χ0v) is 13.2. The van der Waals surface area contributed by atoms with Crippen LogP contribution >= 0.6 is 0 Å². The lowest BCUT2D eigenvalue weighted by atomic mass is 9.84. The van der Waals surface area contributed by atoms with Gasteiger partial charge in [-0.05, 0) is 44.3 Å². The van der Waals surface area contributed by atoms with Crippen molar-refractivity contribution in [3.8, 4) is 0 Å². The second kappa shape index (κ2) is 6.47. The molecule has 3 rings (SSSR count). The molecular formula is C18H28N2O. The minimum Gasteiger partial charge on any atom is -0.385 e. The van der Waals surface area contributed by atoms with Gasteiger partial charge in [-0.1, -0.05) is 37.3 Å². The van der Waals surface area contributed by atoms with Crippen molar-refractivity contribution in [3.05, 3.63) is 35.9 Å². The van der Waals surface area contributed by atoms with Gasteiger partial charge in [-0.25, -0.2) is 0 Å². The van der Waals surface area contributed by atoms with Crippen LogP contribution in [-0.4, -0.2) is 53.7 Å². The topological polar surface area (TPSA) is 26.7 Å². The zero-order chi connectivity index (χ0) is 14.7. The first kappa shape index (κ1) is 15.0. The molecule has 21 heavy (non-hydrogen) atoms. The largest absolute Gasteiger partial charge is 0.385 e. The zero-order valence-electron chi connectivity index (χ0n) is 13.2. The van der Waals surface area contributed by atoms with Gasteiger partial charge >= 0.3 is 0 Å². The highest BCUT2D eigenvalue weighted by atomic mass is 16.3. The molecule has 0 saturated carbocycles. The average molecular weight is 288 g/mol. The summed E-state index contributed by atoms with van der Waals surface area (Å²) in [5.74, 6) is 0. The summed E-state index contributed by atoms with van der Waals surface area (Å²) in [6.45, 7) is 7.91. The molecule has 0 amide bonds. The average Bonchev–Trinajstić information content (AvgIpc) is 2.98. The number of likely N-dealkylation sites (N-methyl/N-ethyl adjacent to an activating group) is 1. The predicted octanol–water partition coefficient (Wildman–Crippen LogP) is 2.45. The molecule has 2 heterocycles. The molecule has 1 aromatic rings. The Bertz CT molecular complexity index is 440. The van der Waals surface area contributed by atoms with Crippen LogP contribution < -0.4 is 0 Å². The molecule has 0 bridgehead atoms. The molecular weight excluding hydrogens is 260 g/mol. The summed E-state index contributed by atoms with van der Waals surface area (Å²) in [6.07, 6.45) is 4.40. The minimum atomic E-state index is -0.613. The maximum absolute atomic E-state index is 10.9. The summed E-state index contributed by atoms with van der Waals surface area (Å²) in [6, 6.07) is 10.9.